The second kappa shape index (κ2) is 5.83. The van der Waals surface area contributed by atoms with Crippen molar-refractivity contribution < 1.29 is 9.50 Å². The predicted octanol–water partition coefficient (Wildman–Crippen LogP) is 4.52. The van der Waals surface area contributed by atoms with E-state index in [1.54, 1.807) is 18.2 Å². The molecule has 1 nitrogen and oxygen atoms in total. The Balaban J connectivity index is 2.19. The van der Waals surface area contributed by atoms with Crippen molar-refractivity contribution in [3.8, 4) is 0 Å². The zero-order chi connectivity index (χ0) is 13.1. The van der Waals surface area contributed by atoms with Crippen LogP contribution in [-0.2, 0) is 6.42 Å². The van der Waals surface area contributed by atoms with Crippen LogP contribution in [0.25, 0.3) is 0 Å². The third kappa shape index (κ3) is 3.10. The first-order chi connectivity index (χ1) is 8.58. The highest BCUT2D eigenvalue weighted by atomic mass is 79.9. The van der Waals surface area contributed by atoms with Crippen molar-refractivity contribution in [3.63, 3.8) is 0 Å². The molecule has 94 valence electrons. The van der Waals surface area contributed by atoms with Crippen molar-refractivity contribution in [1.29, 1.82) is 0 Å². The lowest BCUT2D eigenvalue weighted by atomic mass is 10.0. The number of rotatable bonds is 3. The van der Waals surface area contributed by atoms with Crippen molar-refractivity contribution in [2.45, 2.75) is 12.5 Å². The minimum atomic E-state index is -0.708. The zero-order valence-corrected chi connectivity index (χ0v) is 11.7. The summed E-state index contributed by atoms with van der Waals surface area (Å²) in [5, 5.41) is 10.7. The van der Waals surface area contributed by atoms with Gasteiger partial charge < -0.3 is 5.11 Å². The first-order valence-electron chi connectivity index (χ1n) is 5.44. The Hall–Kier alpha value is -0.900. The van der Waals surface area contributed by atoms with Crippen LogP contribution in [-0.4, -0.2) is 5.11 Å². The molecule has 0 radical (unpaired) electrons. The van der Waals surface area contributed by atoms with E-state index in [0.717, 1.165) is 10.0 Å². The molecule has 0 amide bonds. The van der Waals surface area contributed by atoms with Crippen LogP contribution in [0.5, 0.6) is 0 Å². The van der Waals surface area contributed by atoms with E-state index >= 15 is 0 Å². The summed E-state index contributed by atoms with van der Waals surface area (Å²) in [4.78, 5) is 0. The first-order valence-corrected chi connectivity index (χ1v) is 6.61. The van der Waals surface area contributed by atoms with E-state index < -0.39 is 6.10 Å². The number of hydrogen-bond acceptors (Lipinski definition) is 1. The molecule has 0 fully saturated rings. The maximum Gasteiger partial charge on any atom is 0.123 e. The van der Waals surface area contributed by atoms with Crippen molar-refractivity contribution in [1.82, 2.24) is 0 Å². The summed E-state index contributed by atoms with van der Waals surface area (Å²) in [5.74, 6) is -0.284. The first kappa shape index (κ1) is 13.5. The summed E-state index contributed by atoms with van der Waals surface area (Å²) >= 11 is 9.43. The highest BCUT2D eigenvalue weighted by Crippen LogP contribution is 2.31. The molecule has 1 atom stereocenters. The lowest BCUT2D eigenvalue weighted by Gasteiger charge is -2.13. The Morgan fingerprint density at radius 2 is 1.83 bits per heavy atom. The summed E-state index contributed by atoms with van der Waals surface area (Å²) in [7, 11) is 0. The van der Waals surface area contributed by atoms with Crippen LogP contribution < -0.4 is 0 Å². The number of halogens is 3. The third-order valence-corrected chi connectivity index (χ3v) is 3.99. The van der Waals surface area contributed by atoms with E-state index in [2.05, 4.69) is 15.9 Å². The van der Waals surface area contributed by atoms with Gasteiger partial charge in [-0.25, -0.2) is 4.39 Å². The summed E-state index contributed by atoms with van der Waals surface area (Å²) in [6.07, 6.45) is -0.309. The third-order valence-electron chi connectivity index (χ3n) is 2.68. The van der Waals surface area contributed by atoms with Gasteiger partial charge in [0.15, 0.2) is 0 Å². The van der Waals surface area contributed by atoms with Gasteiger partial charge in [0.25, 0.3) is 0 Å². The van der Waals surface area contributed by atoms with E-state index in [0.29, 0.717) is 17.0 Å². The van der Waals surface area contributed by atoms with Crippen LogP contribution in [0.15, 0.2) is 46.9 Å². The van der Waals surface area contributed by atoms with Crippen molar-refractivity contribution in [2.24, 2.45) is 0 Å². The monoisotopic (exact) mass is 328 g/mol. The van der Waals surface area contributed by atoms with Crippen LogP contribution in [0.4, 0.5) is 4.39 Å². The molecule has 0 saturated carbocycles. The number of aliphatic hydroxyl groups excluding tert-OH is 1. The fraction of sp³-hybridized carbons (Fsp3) is 0.143. The van der Waals surface area contributed by atoms with Gasteiger partial charge >= 0.3 is 0 Å². The molecule has 2 aromatic rings. The molecule has 2 rings (SSSR count). The van der Waals surface area contributed by atoms with Gasteiger partial charge in [0.2, 0.25) is 0 Å². The van der Waals surface area contributed by atoms with Crippen LogP contribution in [0.1, 0.15) is 17.2 Å². The Morgan fingerprint density at radius 3 is 2.50 bits per heavy atom. The lowest BCUT2D eigenvalue weighted by molar-refractivity contribution is 0.178. The molecule has 0 spiro atoms. The summed E-state index contributed by atoms with van der Waals surface area (Å²) in [5.41, 5.74) is 1.52. The fourth-order valence-electron chi connectivity index (χ4n) is 1.73. The molecular weight excluding hydrogens is 319 g/mol. The van der Waals surface area contributed by atoms with Gasteiger partial charge in [0.1, 0.15) is 5.82 Å². The topological polar surface area (TPSA) is 20.2 Å². The van der Waals surface area contributed by atoms with Crippen molar-refractivity contribution in [2.75, 3.05) is 0 Å². The average Bonchev–Trinajstić information content (AvgIpc) is 2.35. The lowest BCUT2D eigenvalue weighted by Crippen LogP contribution is -2.02. The Kier molecular flexibility index (Phi) is 4.38. The van der Waals surface area contributed by atoms with Crippen molar-refractivity contribution >= 4 is 27.5 Å². The molecule has 2 aromatic carbocycles. The molecule has 0 saturated heterocycles. The van der Waals surface area contributed by atoms with Crippen LogP contribution >= 0.6 is 27.5 Å². The Bertz CT molecular complexity index is 542. The quantitative estimate of drug-likeness (QED) is 0.878. The average molecular weight is 330 g/mol. The van der Waals surface area contributed by atoms with Gasteiger partial charge in [-0.1, -0.05) is 35.9 Å². The summed E-state index contributed by atoms with van der Waals surface area (Å²) in [6, 6.07) is 11.5. The maximum atomic E-state index is 12.8. The normalized spacial score (nSPS) is 12.4. The van der Waals surface area contributed by atoms with E-state index in [1.807, 2.05) is 12.1 Å². The van der Waals surface area contributed by atoms with Crippen LogP contribution in [0.2, 0.25) is 5.02 Å². The fourth-order valence-corrected chi connectivity index (χ4v) is 2.37. The molecule has 0 aliphatic carbocycles. The molecule has 1 unspecified atom stereocenters. The molecule has 4 heteroatoms. The van der Waals surface area contributed by atoms with E-state index in [1.165, 1.54) is 12.1 Å². The maximum absolute atomic E-state index is 12.8. The summed E-state index contributed by atoms with van der Waals surface area (Å²) < 4.78 is 13.5. The van der Waals surface area contributed by atoms with Gasteiger partial charge in [-0.2, -0.15) is 0 Å². The molecule has 1 N–H and O–H groups in total. The highest BCUT2D eigenvalue weighted by Gasteiger charge is 2.13. The van der Waals surface area contributed by atoms with Gasteiger partial charge in [0.05, 0.1) is 11.1 Å². The number of benzene rings is 2. The number of hydrogen-bond donors (Lipinski definition) is 1. The second-order valence-electron chi connectivity index (χ2n) is 3.99. The highest BCUT2D eigenvalue weighted by molar-refractivity contribution is 9.10. The molecule has 0 heterocycles. The van der Waals surface area contributed by atoms with Gasteiger partial charge in [-0.05, 0) is 39.7 Å². The molecule has 18 heavy (non-hydrogen) atoms. The van der Waals surface area contributed by atoms with Gasteiger partial charge in [-0.3, -0.25) is 0 Å². The van der Waals surface area contributed by atoms with Gasteiger partial charge in [0, 0.05) is 16.5 Å². The minimum absolute atomic E-state index is 0.284. The largest absolute Gasteiger partial charge is 0.388 e. The van der Waals surface area contributed by atoms with Gasteiger partial charge in [-0.15, -0.1) is 0 Å². The van der Waals surface area contributed by atoms with Crippen LogP contribution in [0.3, 0.4) is 0 Å². The zero-order valence-electron chi connectivity index (χ0n) is 9.41. The van der Waals surface area contributed by atoms with E-state index in [9.17, 15) is 9.50 Å². The smallest absolute Gasteiger partial charge is 0.123 e. The van der Waals surface area contributed by atoms with Crippen LogP contribution in [0, 0.1) is 5.82 Å². The van der Waals surface area contributed by atoms with E-state index in [4.69, 9.17) is 11.6 Å². The van der Waals surface area contributed by atoms with E-state index in [-0.39, 0.29) is 5.82 Å². The van der Waals surface area contributed by atoms with Crippen molar-refractivity contribution in [3.05, 3.63) is 68.9 Å². The molecular formula is C14H11BrClFO. The standard InChI is InChI=1S/C14H11BrClFO/c15-12-3-1-2-11(14(12)16)13(18)8-9-4-6-10(17)7-5-9/h1-7,13,18H,8H2. The minimum Gasteiger partial charge on any atom is -0.388 e. The number of aliphatic hydroxyl groups is 1. The molecule has 0 aliphatic heterocycles. The Labute approximate surface area is 118 Å². The SMILES string of the molecule is OC(Cc1ccc(F)cc1)c1cccc(Br)c1Cl. The molecule has 0 aliphatic rings. The Morgan fingerprint density at radius 1 is 1.17 bits per heavy atom. The molecule has 0 bridgehead atoms. The molecule has 0 aromatic heterocycles. The second-order valence-corrected chi connectivity index (χ2v) is 5.22. The predicted molar refractivity (Wildman–Crippen MR) is 74.2 cm³/mol. The summed E-state index contributed by atoms with van der Waals surface area (Å²) in [6.45, 7) is 0.